The van der Waals surface area contributed by atoms with E-state index < -0.39 is 18.5 Å². The van der Waals surface area contributed by atoms with E-state index in [1.54, 1.807) is 0 Å². The number of hydrogen-bond acceptors (Lipinski definition) is 6. The van der Waals surface area contributed by atoms with Crippen molar-refractivity contribution in [2.24, 2.45) is 0 Å². The molecule has 0 aliphatic heterocycles. The summed E-state index contributed by atoms with van der Waals surface area (Å²) in [6.07, 6.45) is -1.10. The van der Waals surface area contributed by atoms with Crippen LogP contribution in [0.15, 0.2) is 37.6 Å². The van der Waals surface area contributed by atoms with Gasteiger partial charge < -0.3 is 29.5 Å². The van der Waals surface area contributed by atoms with Crippen molar-refractivity contribution in [1.82, 2.24) is 0 Å². The van der Waals surface area contributed by atoms with Crippen molar-refractivity contribution in [1.29, 1.82) is 0 Å². The minimum absolute atomic E-state index is 0.0648. The molecule has 0 spiro atoms. The molecule has 0 aromatic heterocycles. The summed E-state index contributed by atoms with van der Waals surface area (Å²) in [6, 6.07) is 0. The van der Waals surface area contributed by atoms with Gasteiger partial charge in [0, 0.05) is 0 Å². The fourth-order valence-corrected chi connectivity index (χ4v) is 0.409. The number of rotatable bonds is 5. The molecule has 0 bridgehead atoms. The normalized spacial score (nSPS) is 7.48. The van der Waals surface area contributed by atoms with Crippen LogP contribution in [-0.4, -0.2) is 47.0 Å². The van der Waals surface area contributed by atoms with Crippen molar-refractivity contribution in [3.63, 3.8) is 0 Å². The second kappa shape index (κ2) is 17.0. The van der Waals surface area contributed by atoms with Crippen LogP contribution in [0.3, 0.4) is 0 Å². The van der Waals surface area contributed by atoms with Gasteiger partial charge in [-0.1, -0.05) is 31.9 Å². The highest BCUT2D eigenvalue weighted by molar-refractivity contribution is 5.58. The molecular weight excluding hydrogens is 288 g/mol. The summed E-state index contributed by atoms with van der Waals surface area (Å²) < 4.78 is 12.0. The van der Waals surface area contributed by atoms with Crippen LogP contribution in [0.25, 0.3) is 0 Å². The van der Waals surface area contributed by atoms with E-state index >= 15 is 0 Å². The first kappa shape index (κ1) is 23.1. The average Bonchev–Trinajstić information content (AvgIpc) is 2.33. The maximum absolute atomic E-state index is 9.53. The highest BCUT2D eigenvalue weighted by Gasteiger charge is 1.92. The fourth-order valence-electron chi connectivity index (χ4n) is 0.409. The van der Waals surface area contributed by atoms with E-state index in [9.17, 15) is 14.4 Å². The van der Waals surface area contributed by atoms with Crippen LogP contribution in [0.5, 0.6) is 0 Å². The van der Waals surface area contributed by atoms with Crippen LogP contribution in [-0.2, 0) is 14.2 Å². The van der Waals surface area contributed by atoms with Gasteiger partial charge in [-0.15, -0.1) is 0 Å². The Morgan fingerprint density at radius 3 is 1.29 bits per heavy atom. The summed E-state index contributed by atoms with van der Waals surface area (Å²) >= 11 is 0. The molecule has 0 fully saturated rings. The Morgan fingerprint density at radius 1 is 0.905 bits per heavy atom. The summed E-state index contributed by atoms with van der Waals surface area (Å²) in [5.74, 6) is 0.188. The van der Waals surface area contributed by atoms with E-state index in [1.807, 2.05) is 0 Å². The maximum Gasteiger partial charge on any atom is 0.510 e. The van der Waals surface area contributed by atoms with Gasteiger partial charge >= 0.3 is 18.5 Å². The fraction of sp³-hybridized carbons (Fsp3) is 0.250. The summed E-state index contributed by atoms with van der Waals surface area (Å²) in [5, 5.41) is 23.3. The van der Waals surface area contributed by atoms with Crippen molar-refractivity contribution in [2.45, 2.75) is 6.92 Å². The van der Waals surface area contributed by atoms with Crippen LogP contribution in [0, 0.1) is 0 Å². The van der Waals surface area contributed by atoms with Gasteiger partial charge in [-0.05, 0) is 6.92 Å². The van der Waals surface area contributed by atoms with Crippen LogP contribution in [0.1, 0.15) is 6.92 Å². The van der Waals surface area contributed by atoms with Crippen LogP contribution >= 0.6 is 0 Å². The van der Waals surface area contributed by atoms with Gasteiger partial charge in [-0.2, -0.15) is 0 Å². The number of carboxylic acid groups (broad SMARTS) is 3. The monoisotopic (exact) mass is 306 g/mol. The van der Waals surface area contributed by atoms with Gasteiger partial charge in [0.1, 0.15) is 19.0 Å². The lowest BCUT2D eigenvalue weighted by Crippen LogP contribution is -1.98. The quantitative estimate of drug-likeness (QED) is 0.302. The lowest BCUT2D eigenvalue weighted by Gasteiger charge is -1.91. The Morgan fingerprint density at radius 2 is 1.24 bits per heavy atom. The lowest BCUT2D eigenvalue weighted by atomic mass is 10.7. The van der Waals surface area contributed by atoms with Crippen molar-refractivity contribution in [3.8, 4) is 0 Å². The third-order valence-corrected chi connectivity index (χ3v) is 0.911. The van der Waals surface area contributed by atoms with Crippen molar-refractivity contribution >= 4 is 18.5 Å². The molecule has 9 nitrogen and oxygen atoms in total. The van der Waals surface area contributed by atoms with Crippen LogP contribution in [0.2, 0.25) is 0 Å². The molecule has 9 heteroatoms. The Hall–Kier alpha value is -2.97. The smallest absolute Gasteiger partial charge is 0.450 e. The molecule has 0 radical (unpaired) electrons. The highest BCUT2D eigenvalue weighted by Crippen LogP contribution is 1.87. The van der Waals surface area contributed by atoms with Gasteiger partial charge in [0.2, 0.25) is 0 Å². The van der Waals surface area contributed by atoms with Gasteiger partial charge in [0.25, 0.3) is 0 Å². The van der Waals surface area contributed by atoms with Gasteiger partial charge in [0.15, 0.2) is 0 Å². The molecule has 0 aliphatic rings. The Labute approximate surface area is 121 Å². The van der Waals surface area contributed by atoms with Crippen molar-refractivity contribution in [2.75, 3.05) is 13.2 Å². The molecule has 0 rings (SSSR count). The zero-order valence-corrected chi connectivity index (χ0v) is 11.5. The molecule has 0 aromatic carbocycles. The van der Waals surface area contributed by atoms with E-state index in [1.165, 1.54) is 19.1 Å². The first-order chi connectivity index (χ1) is 9.67. The second-order valence-corrected chi connectivity index (χ2v) is 2.80. The molecule has 0 saturated heterocycles. The third-order valence-electron chi connectivity index (χ3n) is 0.911. The third kappa shape index (κ3) is 47.2. The summed E-state index contributed by atoms with van der Waals surface area (Å²) in [7, 11) is 0. The lowest BCUT2D eigenvalue weighted by molar-refractivity contribution is 0.101. The zero-order chi connectivity index (χ0) is 17.3. The second-order valence-electron chi connectivity index (χ2n) is 2.80. The van der Waals surface area contributed by atoms with Gasteiger partial charge in [-0.25, -0.2) is 14.4 Å². The molecule has 21 heavy (non-hydrogen) atoms. The zero-order valence-electron chi connectivity index (χ0n) is 11.5. The minimum Gasteiger partial charge on any atom is -0.450 e. The molecule has 0 aromatic rings. The van der Waals surface area contributed by atoms with Crippen molar-refractivity contribution < 1.29 is 43.9 Å². The predicted molar refractivity (Wildman–Crippen MR) is 72.3 cm³/mol. The molecule has 0 atom stereocenters. The Balaban J connectivity index is -0.000000231. The standard InChI is InChI=1S/3C4H6O3/c1-3(2)7-4(5)6;2*1-2-3-7-4(5)6/h1H2,2H3,(H,5,6);2*2H,1,3H2,(H,5,6). The number of ether oxygens (including phenoxy) is 3. The largest absolute Gasteiger partial charge is 0.510 e. The maximum atomic E-state index is 9.53. The topological polar surface area (TPSA) is 140 Å². The molecule has 3 N–H and O–H groups in total. The SMILES string of the molecule is C=C(C)OC(=O)O.C=CCOC(=O)O.C=CCOC(=O)O. The highest BCUT2D eigenvalue weighted by atomic mass is 16.7. The summed E-state index contributed by atoms with van der Waals surface area (Å²) in [5.41, 5.74) is 0. The molecule has 0 unspecified atom stereocenters. The summed E-state index contributed by atoms with van der Waals surface area (Å²) in [4.78, 5) is 28.5. The molecule has 0 amide bonds. The molecule has 0 aliphatic carbocycles. The molecule has 120 valence electrons. The number of allylic oxidation sites excluding steroid dienone is 1. The number of hydrogen-bond donors (Lipinski definition) is 3. The number of carbonyl (C=O) groups is 3. The predicted octanol–water partition coefficient (Wildman–Crippen LogP) is 2.95. The van der Waals surface area contributed by atoms with E-state index in [2.05, 4.69) is 33.9 Å². The summed E-state index contributed by atoms with van der Waals surface area (Å²) in [6.45, 7) is 11.3. The van der Waals surface area contributed by atoms with Crippen molar-refractivity contribution in [3.05, 3.63) is 37.6 Å². The average molecular weight is 306 g/mol. The van der Waals surface area contributed by atoms with Crippen LogP contribution < -0.4 is 0 Å². The molecule has 0 saturated carbocycles. The molecular formula is C12H18O9. The van der Waals surface area contributed by atoms with E-state index in [0.717, 1.165) is 0 Å². The molecule has 0 heterocycles. The van der Waals surface area contributed by atoms with E-state index in [4.69, 9.17) is 15.3 Å². The van der Waals surface area contributed by atoms with E-state index in [-0.39, 0.29) is 19.0 Å². The first-order valence-electron chi connectivity index (χ1n) is 5.16. The van der Waals surface area contributed by atoms with E-state index in [0.29, 0.717) is 0 Å². The Bertz CT molecular complexity index is 326. The van der Waals surface area contributed by atoms with Crippen LogP contribution in [0.4, 0.5) is 14.4 Å². The minimum atomic E-state index is -1.31. The van der Waals surface area contributed by atoms with Gasteiger partial charge in [-0.3, -0.25) is 0 Å². The first-order valence-corrected chi connectivity index (χ1v) is 5.16. The Kier molecular flexibility index (Phi) is 18.8. The van der Waals surface area contributed by atoms with Gasteiger partial charge in [0.05, 0.1) is 0 Å².